The summed E-state index contributed by atoms with van der Waals surface area (Å²) in [6.07, 6.45) is 1.22. The summed E-state index contributed by atoms with van der Waals surface area (Å²) in [6, 6.07) is 5.52. The van der Waals surface area contributed by atoms with Crippen LogP contribution in [0.25, 0.3) is 0 Å². The lowest BCUT2D eigenvalue weighted by Crippen LogP contribution is -2.30. The molecule has 0 aromatic heterocycles. The Labute approximate surface area is 132 Å². The molecular weight excluding hydrogens is 290 g/mol. The first-order valence-electron chi connectivity index (χ1n) is 6.84. The summed E-state index contributed by atoms with van der Waals surface area (Å²) in [7, 11) is 0. The summed E-state index contributed by atoms with van der Waals surface area (Å²) in [4.78, 5) is 23.2. The predicted octanol–water partition coefficient (Wildman–Crippen LogP) is 2.63. The number of aryl methyl sites for hydroxylation is 1. The van der Waals surface area contributed by atoms with Gasteiger partial charge in [0.05, 0.1) is 0 Å². The molecule has 0 aliphatic carbocycles. The van der Waals surface area contributed by atoms with Gasteiger partial charge in [0, 0.05) is 30.3 Å². The van der Waals surface area contributed by atoms with Crippen molar-refractivity contribution in [2.75, 3.05) is 11.1 Å². The summed E-state index contributed by atoms with van der Waals surface area (Å²) in [5.74, 6) is -0.121. The van der Waals surface area contributed by atoms with Crippen molar-refractivity contribution in [3.05, 3.63) is 23.8 Å². The van der Waals surface area contributed by atoms with E-state index < -0.39 is 0 Å². The molecule has 0 aliphatic heterocycles. The van der Waals surface area contributed by atoms with Crippen LogP contribution in [0.3, 0.4) is 0 Å². The van der Waals surface area contributed by atoms with Gasteiger partial charge < -0.3 is 16.4 Å². The maximum Gasteiger partial charge on any atom is 0.224 e. The molecule has 2 amide bonds. The van der Waals surface area contributed by atoms with Crippen molar-refractivity contribution < 1.29 is 9.59 Å². The third kappa shape index (κ3) is 7.56. The first-order valence-corrected chi connectivity index (χ1v) is 6.84. The molecule has 0 bridgehead atoms. The number of benzene rings is 1. The molecule has 0 atom stereocenters. The number of carbonyl (C=O) groups is 2. The number of nitrogens with one attached hydrogen (secondary N) is 2. The van der Waals surface area contributed by atoms with E-state index in [2.05, 4.69) is 10.6 Å². The molecule has 0 spiro atoms. The molecule has 5 nitrogen and oxygen atoms in total. The highest BCUT2D eigenvalue weighted by molar-refractivity contribution is 5.92. The largest absolute Gasteiger partial charge is 0.399 e. The zero-order chi connectivity index (χ0) is 15.1. The van der Waals surface area contributed by atoms with Crippen LogP contribution in [0.2, 0.25) is 0 Å². The maximum atomic E-state index is 11.8. The Balaban J connectivity index is 0.00000400. The number of rotatable bonds is 6. The number of amides is 2. The van der Waals surface area contributed by atoms with Crippen LogP contribution in [0.4, 0.5) is 11.4 Å². The van der Waals surface area contributed by atoms with Crippen LogP contribution < -0.4 is 16.4 Å². The Morgan fingerprint density at radius 3 is 2.43 bits per heavy atom. The first kappa shape index (κ1) is 19.2. The van der Waals surface area contributed by atoms with Gasteiger partial charge in [0.25, 0.3) is 0 Å². The van der Waals surface area contributed by atoms with Gasteiger partial charge >= 0.3 is 0 Å². The van der Waals surface area contributed by atoms with E-state index in [1.807, 2.05) is 26.8 Å². The van der Waals surface area contributed by atoms with Crippen molar-refractivity contribution in [3.8, 4) is 0 Å². The molecule has 0 saturated heterocycles. The lowest BCUT2D eigenvalue weighted by molar-refractivity contribution is -0.121. The fourth-order valence-electron chi connectivity index (χ4n) is 1.79. The lowest BCUT2D eigenvalue weighted by Gasteiger charge is -2.10. The number of hydrogen-bond donors (Lipinski definition) is 3. The molecule has 0 aliphatic rings. The molecule has 1 rings (SSSR count). The van der Waals surface area contributed by atoms with Crippen molar-refractivity contribution in [2.45, 2.75) is 46.1 Å². The van der Waals surface area contributed by atoms with Gasteiger partial charge in [0.2, 0.25) is 11.8 Å². The SMILES string of the molecule is Cc1ccc(N)cc1NC(=O)CCCC(=O)NC(C)C.Cl. The zero-order valence-electron chi connectivity index (χ0n) is 12.7. The van der Waals surface area contributed by atoms with Crippen molar-refractivity contribution in [3.63, 3.8) is 0 Å². The monoisotopic (exact) mass is 313 g/mol. The summed E-state index contributed by atoms with van der Waals surface area (Å²) in [6.45, 7) is 5.73. The third-order valence-electron chi connectivity index (χ3n) is 2.79. The average Bonchev–Trinajstić information content (AvgIpc) is 2.33. The Morgan fingerprint density at radius 1 is 1.19 bits per heavy atom. The lowest BCUT2D eigenvalue weighted by atomic mass is 10.1. The normalized spacial score (nSPS) is 9.90. The van der Waals surface area contributed by atoms with Crippen molar-refractivity contribution in [1.82, 2.24) is 5.32 Å². The molecule has 0 fully saturated rings. The van der Waals surface area contributed by atoms with Gasteiger partial charge in [-0.2, -0.15) is 0 Å². The van der Waals surface area contributed by atoms with E-state index in [-0.39, 0.29) is 30.3 Å². The number of hydrogen-bond acceptors (Lipinski definition) is 3. The van der Waals surface area contributed by atoms with E-state index in [0.717, 1.165) is 11.3 Å². The highest BCUT2D eigenvalue weighted by Gasteiger charge is 2.08. The van der Waals surface area contributed by atoms with E-state index in [1.54, 1.807) is 12.1 Å². The Bertz CT molecular complexity index is 490. The maximum absolute atomic E-state index is 11.8. The van der Waals surface area contributed by atoms with Crippen molar-refractivity contribution in [1.29, 1.82) is 0 Å². The quantitative estimate of drug-likeness (QED) is 0.706. The fraction of sp³-hybridized carbons (Fsp3) is 0.467. The van der Waals surface area contributed by atoms with Crippen LogP contribution in [0.1, 0.15) is 38.7 Å². The topological polar surface area (TPSA) is 84.2 Å². The predicted molar refractivity (Wildman–Crippen MR) is 88.6 cm³/mol. The highest BCUT2D eigenvalue weighted by atomic mass is 35.5. The van der Waals surface area contributed by atoms with Gasteiger partial charge in [0.15, 0.2) is 0 Å². The Hall–Kier alpha value is -1.75. The minimum atomic E-state index is -0.101. The van der Waals surface area contributed by atoms with E-state index >= 15 is 0 Å². The minimum absolute atomic E-state index is 0. The van der Waals surface area contributed by atoms with E-state index in [9.17, 15) is 9.59 Å². The molecule has 1 aromatic carbocycles. The van der Waals surface area contributed by atoms with Gasteiger partial charge in [-0.1, -0.05) is 6.07 Å². The van der Waals surface area contributed by atoms with E-state index in [0.29, 0.717) is 24.9 Å². The van der Waals surface area contributed by atoms with Gasteiger partial charge in [-0.3, -0.25) is 9.59 Å². The second-order valence-corrected chi connectivity index (χ2v) is 5.20. The zero-order valence-corrected chi connectivity index (χ0v) is 13.5. The Morgan fingerprint density at radius 2 is 1.81 bits per heavy atom. The number of nitrogens with two attached hydrogens (primary N) is 1. The third-order valence-corrected chi connectivity index (χ3v) is 2.79. The number of carbonyl (C=O) groups excluding carboxylic acids is 2. The molecular formula is C15H24ClN3O2. The van der Waals surface area contributed by atoms with Gasteiger partial charge in [-0.05, 0) is 44.9 Å². The van der Waals surface area contributed by atoms with Gasteiger partial charge in [-0.15, -0.1) is 12.4 Å². The van der Waals surface area contributed by atoms with Crippen LogP contribution in [0.5, 0.6) is 0 Å². The minimum Gasteiger partial charge on any atom is -0.399 e. The smallest absolute Gasteiger partial charge is 0.224 e. The number of anilines is 2. The standard InChI is InChI=1S/C15H23N3O2.ClH/c1-10(2)17-14(19)5-4-6-15(20)18-13-9-12(16)8-7-11(13)3;/h7-10H,4-6,16H2,1-3H3,(H,17,19)(H,18,20);1H. The van der Waals surface area contributed by atoms with Crippen LogP contribution in [0.15, 0.2) is 18.2 Å². The first-order chi connectivity index (χ1) is 9.38. The second kappa shape index (κ2) is 9.23. The molecule has 118 valence electrons. The van der Waals surface area contributed by atoms with E-state index in [1.165, 1.54) is 0 Å². The molecule has 0 saturated carbocycles. The number of nitrogen functional groups attached to an aromatic ring is 1. The highest BCUT2D eigenvalue weighted by Crippen LogP contribution is 2.18. The van der Waals surface area contributed by atoms with Crippen molar-refractivity contribution in [2.24, 2.45) is 0 Å². The van der Waals surface area contributed by atoms with Crippen LogP contribution in [-0.4, -0.2) is 17.9 Å². The molecule has 0 radical (unpaired) electrons. The molecule has 6 heteroatoms. The Kier molecular flexibility index (Phi) is 8.47. The molecule has 0 unspecified atom stereocenters. The van der Waals surface area contributed by atoms with Gasteiger partial charge in [-0.25, -0.2) is 0 Å². The molecule has 0 heterocycles. The molecule has 4 N–H and O–H groups in total. The van der Waals surface area contributed by atoms with Crippen molar-refractivity contribution >= 4 is 35.6 Å². The fourth-order valence-corrected chi connectivity index (χ4v) is 1.79. The summed E-state index contributed by atoms with van der Waals surface area (Å²) < 4.78 is 0. The van der Waals surface area contributed by atoms with Crippen LogP contribution >= 0.6 is 12.4 Å². The summed E-state index contributed by atoms with van der Waals surface area (Å²) in [5, 5.41) is 5.61. The van der Waals surface area contributed by atoms with Crippen LogP contribution in [-0.2, 0) is 9.59 Å². The van der Waals surface area contributed by atoms with Gasteiger partial charge in [0.1, 0.15) is 0 Å². The second-order valence-electron chi connectivity index (χ2n) is 5.20. The summed E-state index contributed by atoms with van der Waals surface area (Å²) in [5.41, 5.74) is 7.99. The molecule has 1 aromatic rings. The number of halogens is 1. The molecule has 21 heavy (non-hydrogen) atoms. The van der Waals surface area contributed by atoms with E-state index in [4.69, 9.17) is 5.73 Å². The summed E-state index contributed by atoms with van der Waals surface area (Å²) >= 11 is 0. The van der Waals surface area contributed by atoms with Crippen LogP contribution in [0, 0.1) is 6.92 Å². The average molecular weight is 314 g/mol.